The standard InChI is InChI=1S/C14H21N3O3S/c1-9-3-6-13(12(15)7-9)21(19,20)17-8-11(14(16)18)5-4-10(17)2/h3,6-7,10-11H,4-5,8,15H2,1-2H3,(H2,16,18). The molecule has 2 rings (SSSR count). The lowest BCUT2D eigenvalue weighted by atomic mass is 9.95. The number of nitrogens with zero attached hydrogens (tertiary/aromatic N) is 1. The molecular weight excluding hydrogens is 290 g/mol. The molecule has 6 nitrogen and oxygen atoms in total. The normalized spacial score (nSPS) is 23.9. The monoisotopic (exact) mass is 311 g/mol. The minimum absolute atomic E-state index is 0.0880. The minimum atomic E-state index is -3.72. The van der Waals surface area contributed by atoms with E-state index in [4.69, 9.17) is 11.5 Å². The number of carbonyl (C=O) groups is 1. The molecule has 2 atom stereocenters. The molecule has 0 aromatic heterocycles. The van der Waals surface area contributed by atoms with Crippen LogP contribution >= 0.6 is 0 Å². The van der Waals surface area contributed by atoms with Gasteiger partial charge in [-0.1, -0.05) is 6.07 Å². The first-order valence-corrected chi connectivity index (χ1v) is 8.34. The molecular formula is C14H21N3O3S. The van der Waals surface area contributed by atoms with Crippen LogP contribution in [-0.2, 0) is 14.8 Å². The highest BCUT2D eigenvalue weighted by molar-refractivity contribution is 7.89. The number of rotatable bonds is 3. The predicted octanol–water partition coefficient (Wildman–Crippen LogP) is 0.852. The molecule has 116 valence electrons. The molecule has 1 amide bonds. The number of hydrogen-bond acceptors (Lipinski definition) is 4. The third-order valence-electron chi connectivity index (χ3n) is 3.98. The quantitative estimate of drug-likeness (QED) is 0.807. The second-order valence-electron chi connectivity index (χ2n) is 5.64. The first-order valence-electron chi connectivity index (χ1n) is 6.90. The van der Waals surface area contributed by atoms with Crippen molar-refractivity contribution in [3.63, 3.8) is 0 Å². The summed E-state index contributed by atoms with van der Waals surface area (Å²) in [6, 6.07) is 4.68. The molecule has 2 unspecified atom stereocenters. The number of benzene rings is 1. The molecule has 1 aliphatic heterocycles. The molecule has 1 aromatic rings. The van der Waals surface area contributed by atoms with Crippen LogP contribution in [0.2, 0.25) is 0 Å². The Kier molecular flexibility index (Phi) is 4.25. The highest BCUT2D eigenvalue weighted by Gasteiger charge is 2.37. The molecule has 0 radical (unpaired) electrons. The lowest BCUT2D eigenvalue weighted by Gasteiger charge is -2.36. The SMILES string of the molecule is Cc1ccc(S(=O)(=O)N2CC(C(N)=O)CCC2C)c(N)c1. The lowest BCUT2D eigenvalue weighted by molar-refractivity contribution is -0.123. The van der Waals surface area contributed by atoms with E-state index >= 15 is 0 Å². The highest BCUT2D eigenvalue weighted by Crippen LogP contribution is 2.30. The van der Waals surface area contributed by atoms with Gasteiger partial charge in [-0.3, -0.25) is 4.79 Å². The smallest absolute Gasteiger partial charge is 0.245 e. The van der Waals surface area contributed by atoms with Crippen LogP contribution < -0.4 is 11.5 Å². The third-order valence-corrected chi connectivity index (χ3v) is 6.03. The number of nitrogens with two attached hydrogens (primary N) is 2. The average molecular weight is 311 g/mol. The van der Waals surface area contributed by atoms with Crippen LogP contribution in [-0.4, -0.2) is 31.2 Å². The van der Waals surface area contributed by atoms with E-state index in [0.717, 1.165) is 5.56 Å². The predicted molar refractivity (Wildman–Crippen MR) is 80.9 cm³/mol. The molecule has 1 heterocycles. The molecule has 0 spiro atoms. The van der Waals surface area contributed by atoms with E-state index in [1.807, 2.05) is 13.8 Å². The number of hydrogen-bond donors (Lipinski definition) is 2. The maximum Gasteiger partial charge on any atom is 0.245 e. The molecule has 0 bridgehead atoms. The fourth-order valence-corrected chi connectivity index (χ4v) is 4.48. The van der Waals surface area contributed by atoms with Crippen molar-refractivity contribution in [2.75, 3.05) is 12.3 Å². The molecule has 1 aromatic carbocycles. The van der Waals surface area contributed by atoms with Crippen LogP contribution in [0.15, 0.2) is 23.1 Å². The Balaban J connectivity index is 2.39. The van der Waals surface area contributed by atoms with Crippen molar-refractivity contribution >= 4 is 21.6 Å². The maximum absolute atomic E-state index is 12.8. The van der Waals surface area contributed by atoms with E-state index in [9.17, 15) is 13.2 Å². The van der Waals surface area contributed by atoms with Gasteiger partial charge >= 0.3 is 0 Å². The molecule has 7 heteroatoms. The van der Waals surface area contributed by atoms with Gasteiger partial charge in [0, 0.05) is 12.6 Å². The number of anilines is 1. The summed E-state index contributed by atoms with van der Waals surface area (Å²) < 4.78 is 26.9. The van der Waals surface area contributed by atoms with Crippen molar-refractivity contribution in [1.82, 2.24) is 4.31 Å². The summed E-state index contributed by atoms with van der Waals surface area (Å²) in [5.74, 6) is -0.901. The Bertz CT molecular complexity index is 657. The fourth-order valence-electron chi connectivity index (χ4n) is 2.67. The van der Waals surface area contributed by atoms with Crippen LogP contribution in [0.4, 0.5) is 5.69 Å². The topological polar surface area (TPSA) is 106 Å². The highest BCUT2D eigenvalue weighted by atomic mass is 32.2. The lowest BCUT2D eigenvalue weighted by Crippen LogP contribution is -2.48. The second-order valence-corrected chi connectivity index (χ2v) is 7.50. The summed E-state index contributed by atoms with van der Waals surface area (Å²) in [5.41, 5.74) is 12.3. The zero-order chi connectivity index (χ0) is 15.8. The van der Waals surface area contributed by atoms with E-state index in [1.54, 1.807) is 12.1 Å². The molecule has 0 saturated carbocycles. The van der Waals surface area contributed by atoms with Gasteiger partial charge in [-0.25, -0.2) is 8.42 Å². The Labute approximate surface area is 125 Å². The van der Waals surface area contributed by atoms with Crippen molar-refractivity contribution in [1.29, 1.82) is 0 Å². The zero-order valence-corrected chi connectivity index (χ0v) is 13.1. The van der Waals surface area contributed by atoms with Gasteiger partial charge < -0.3 is 11.5 Å². The largest absolute Gasteiger partial charge is 0.398 e. The molecule has 1 fully saturated rings. The molecule has 4 N–H and O–H groups in total. The molecule has 0 aliphatic carbocycles. The van der Waals surface area contributed by atoms with Gasteiger partial charge in [-0.15, -0.1) is 0 Å². The Hall–Kier alpha value is -1.60. The zero-order valence-electron chi connectivity index (χ0n) is 12.2. The Morgan fingerprint density at radius 2 is 2.00 bits per heavy atom. The summed E-state index contributed by atoms with van der Waals surface area (Å²) in [4.78, 5) is 11.4. The van der Waals surface area contributed by atoms with Crippen molar-refractivity contribution in [3.8, 4) is 0 Å². The van der Waals surface area contributed by atoms with Gasteiger partial charge in [0.1, 0.15) is 4.90 Å². The van der Waals surface area contributed by atoms with Gasteiger partial charge in [0.05, 0.1) is 11.6 Å². The maximum atomic E-state index is 12.8. The first-order chi connectivity index (χ1) is 9.73. The number of carbonyl (C=O) groups excluding carboxylic acids is 1. The van der Waals surface area contributed by atoms with Crippen LogP contribution in [0.5, 0.6) is 0 Å². The van der Waals surface area contributed by atoms with Crippen molar-refractivity contribution in [2.24, 2.45) is 11.7 Å². The number of sulfonamides is 1. The summed E-state index contributed by atoms with van der Waals surface area (Å²) in [6.07, 6.45) is 1.23. The number of primary amides is 1. The number of nitrogen functional groups attached to an aromatic ring is 1. The Morgan fingerprint density at radius 1 is 1.33 bits per heavy atom. The van der Waals surface area contributed by atoms with Crippen LogP contribution in [0.25, 0.3) is 0 Å². The van der Waals surface area contributed by atoms with Gasteiger partial charge in [-0.05, 0) is 44.4 Å². The molecule has 1 saturated heterocycles. The third kappa shape index (κ3) is 3.03. The Morgan fingerprint density at radius 3 is 2.57 bits per heavy atom. The van der Waals surface area contributed by atoms with Crippen LogP contribution in [0.1, 0.15) is 25.3 Å². The summed E-state index contributed by atoms with van der Waals surface area (Å²) in [5, 5.41) is 0. The molecule has 1 aliphatic rings. The van der Waals surface area contributed by atoms with Crippen LogP contribution in [0, 0.1) is 12.8 Å². The van der Waals surface area contributed by atoms with E-state index < -0.39 is 21.8 Å². The molecule has 21 heavy (non-hydrogen) atoms. The van der Waals surface area contributed by atoms with E-state index in [-0.39, 0.29) is 23.2 Å². The fraction of sp³-hybridized carbons (Fsp3) is 0.500. The number of piperidine rings is 1. The van der Waals surface area contributed by atoms with E-state index in [1.165, 1.54) is 10.4 Å². The van der Waals surface area contributed by atoms with E-state index in [0.29, 0.717) is 12.8 Å². The van der Waals surface area contributed by atoms with Crippen molar-refractivity contribution in [2.45, 2.75) is 37.6 Å². The number of aryl methyl sites for hydroxylation is 1. The summed E-state index contributed by atoms with van der Waals surface area (Å²) >= 11 is 0. The first kappa shape index (κ1) is 15.8. The average Bonchev–Trinajstić information content (AvgIpc) is 2.38. The van der Waals surface area contributed by atoms with Gasteiger partial charge in [-0.2, -0.15) is 4.31 Å². The van der Waals surface area contributed by atoms with E-state index in [2.05, 4.69) is 0 Å². The van der Waals surface area contributed by atoms with Crippen LogP contribution in [0.3, 0.4) is 0 Å². The second kappa shape index (κ2) is 5.65. The van der Waals surface area contributed by atoms with Gasteiger partial charge in [0.2, 0.25) is 15.9 Å². The van der Waals surface area contributed by atoms with Crippen molar-refractivity contribution in [3.05, 3.63) is 23.8 Å². The minimum Gasteiger partial charge on any atom is -0.398 e. The summed E-state index contributed by atoms with van der Waals surface area (Å²) in [7, 11) is -3.72. The van der Waals surface area contributed by atoms with Gasteiger partial charge in [0.15, 0.2) is 0 Å². The van der Waals surface area contributed by atoms with Crippen molar-refractivity contribution < 1.29 is 13.2 Å². The summed E-state index contributed by atoms with van der Waals surface area (Å²) in [6.45, 7) is 3.80. The number of amides is 1. The van der Waals surface area contributed by atoms with Gasteiger partial charge in [0.25, 0.3) is 0 Å².